The van der Waals surface area contributed by atoms with Crippen LogP contribution >= 0.6 is 11.3 Å². The molecule has 0 amide bonds. The Morgan fingerprint density at radius 3 is 1.65 bits per heavy atom. The number of hydrogen-bond donors (Lipinski definition) is 0. The van der Waals surface area contributed by atoms with Crippen LogP contribution in [0.1, 0.15) is 0 Å². The third kappa shape index (κ3) is 5.13. The van der Waals surface area contributed by atoms with Gasteiger partial charge in [0.25, 0.3) is 0 Å². The first kappa shape index (κ1) is 28.3. The summed E-state index contributed by atoms with van der Waals surface area (Å²) in [6, 6.07) is 68.3. The number of benzene rings is 8. The van der Waals surface area contributed by atoms with Gasteiger partial charge in [0.15, 0.2) is 0 Å². The van der Waals surface area contributed by atoms with Gasteiger partial charge in [-0.25, -0.2) is 0 Å². The van der Waals surface area contributed by atoms with Gasteiger partial charge in [0.1, 0.15) is 0 Å². The van der Waals surface area contributed by atoms with Gasteiger partial charge in [0, 0.05) is 37.2 Å². The Labute approximate surface area is 284 Å². The molecular formula is C46H31NS. The summed E-state index contributed by atoms with van der Waals surface area (Å²) < 4.78 is 2.60. The lowest BCUT2D eigenvalue weighted by molar-refractivity contribution is 1.29. The van der Waals surface area contributed by atoms with Gasteiger partial charge in [-0.2, -0.15) is 0 Å². The van der Waals surface area contributed by atoms with E-state index in [0.29, 0.717) is 0 Å². The molecule has 0 unspecified atom stereocenters. The molecule has 226 valence electrons. The van der Waals surface area contributed by atoms with E-state index in [1.807, 2.05) is 11.3 Å². The highest BCUT2D eigenvalue weighted by Gasteiger charge is 2.18. The topological polar surface area (TPSA) is 3.24 Å². The summed E-state index contributed by atoms with van der Waals surface area (Å²) in [5.41, 5.74) is 10.6. The molecule has 1 aromatic heterocycles. The van der Waals surface area contributed by atoms with Crippen molar-refractivity contribution in [2.24, 2.45) is 0 Å². The normalized spacial score (nSPS) is 11.3. The molecule has 8 aromatic carbocycles. The van der Waals surface area contributed by atoms with Crippen LogP contribution in [0.2, 0.25) is 0 Å². The van der Waals surface area contributed by atoms with Crippen molar-refractivity contribution in [3.05, 3.63) is 188 Å². The fourth-order valence-electron chi connectivity index (χ4n) is 6.93. The largest absolute Gasteiger partial charge is 0.310 e. The molecule has 1 heterocycles. The van der Waals surface area contributed by atoms with Crippen LogP contribution in [0.4, 0.5) is 17.1 Å². The van der Waals surface area contributed by atoms with Crippen LogP contribution in [-0.2, 0) is 0 Å². The number of hydrogen-bond acceptors (Lipinski definition) is 2. The highest BCUT2D eigenvalue weighted by Crippen LogP contribution is 2.44. The van der Waals surface area contributed by atoms with Crippen molar-refractivity contribution in [3.63, 3.8) is 0 Å². The molecule has 0 aliphatic rings. The van der Waals surface area contributed by atoms with Crippen LogP contribution in [-0.4, -0.2) is 0 Å². The molecule has 0 saturated heterocycles. The van der Waals surface area contributed by atoms with Gasteiger partial charge in [-0.3, -0.25) is 0 Å². The van der Waals surface area contributed by atoms with E-state index < -0.39 is 0 Å². The second-order valence-corrected chi connectivity index (χ2v) is 13.3. The van der Waals surface area contributed by atoms with E-state index in [-0.39, 0.29) is 0 Å². The molecule has 0 N–H and O–H groups in total. The lowest BCUT2D eigenvalue weighted by Crippen LogP contribution is -2.10. The zero-order valence-corrected chi connectivity index (χ0v) is 27.1. The Hall–Kier alpha value is -5.96. The third-order valence-electron chi connectivity index (χ3n) is 9.22. The molecule has 1 nitrogen and oxygen atoms in total. The molecule has 0 aliphatic carbocycles. The maximum absolute atomic E-state index is 2.43. The van der Waals surface area contributed by atoms with E-state index in [2.05, 4.69) is 193 Å². The van der Waals surface area contributed by atoms with E-state index in [9.17, 15) is 0 Å². The molecule has 0 saturated carbocycles. The minimum Gasteiger partial charge on any atom is -0.310 e. The van der Waals surface area contributed by atoms with Gasteiger partial charge in [0.2, 0.25) is 0 Å². The van der Waals surface area contributed by atoms with Gasteiger partial charge in [0.05, 0.1) is 0 Å². The fourth-order valence-corrected chi connectivity index (χ4v) is 8.06. The number of thiophene rings is 1. The van der Waals surface area contributed by atoms with Gasteiger partial charge in [-0.15, -0.1) is 11.3 Å². The van der Waals surface area contributed by atoms with Crippen LogP contribution in [0, 0.1) is 0 Å². The van der Waals surface area contributed by atoms with Crippen LogP contribution in [0.15, 0.2) is 188 Å². The van der Waals surface area contributed by atoms with E-state index in [4.69, 9.17) is 0 Å². The van der Waals surface area contributed by atoms with Crippen molar-refractivity contribution in [3.8, 4) is 33.4 Å². The van der Waals surface area contributed by atoms with Gasteiger partial charge >= 0.3 is 0 Å². The minimum atomic E-state index is 1.12. The highest BCUT2D eigenvalue weighted by atomic mass is 32.1. The lowest BCUT2D eigenvalue weighted by Gasteiger charge is -2.27. The van der Waals surface area contributed by atoms with Crippen molar-refractivity contribution in [2.75, 3.05) is 4.90 Å². The summed E-state index contributed by atoms with van der Waals surface area (Å²) in [5, 5.41) is 5.11. The van der Waals surface area contributed by atoms with Gasteiger partial charge in [-0.05, 0) is 92.7 Å². The minimum absolute atomic E-state index is 1.12. The molecule has 2 heteroatoms. The first-order chi connectivity index (χ1) is 23.8. The first-order valence-electron chi connectivity index (χ1n) is 16.3. The Morgan fingerprint density at radius 1 is 0.312 bits per heavy atom. The standard InChI is InChI=1S/C46H31NS/c1-3-13-32(14-4-1)36-27-37(33-15-5-2-6-16-33)30-40(29-36)47(39-25-26-44-43-22-9-10-24-45(43)48-46(44)31-39)38-20-11-19-35(28-38)42-23-12-18-34-17-7-8-21-41(34)42/h1-31H. The molecule has 0 spiro atoms. The summed E-state index contributed by atoms with van der Waals surface area (Å²) in [5.74, 6) is 0. The fraction of sp³-hybridized carbons (Fsp3) is 0. The number of anilines is 3. The van der Waals surface area contributed by atoms with E-state index in [0.717, 1.165) is 17.1 Å². The molecule has 9 aromatic rings. The zero-order chi connectivity index (χ0) is 31.9. The van der Waals surface area contributed by atoms with Gasteiger partial charge in [-0.1, -0.05) is 140 Å². The monoisotopic (exact) mass is 629 g/mol. The molecule has 0 radical (unpaired) electrons. The zero-order valence-electron chi connectivity index (χ0n) is 26.3. The Kier molecular flexibility index (Phi) is 7.07. The van der Waals surface area contributed by atoms with Crippen molar-refractivity contribution < 1.29 is 0 Å². The van der Waals surface area contributed by atoms with Crippen molar-refractivity contribution in [1.29, 1.82) is 0 Å². The van der Waals surface area contributed by atoms with Crippen molar-refractivity contribution >= 4 is 59.3 Å². The Bertz CT molecular complexity index is 2500. The molecular weight excluding hydrogens is 599 g/mol. The van der Waals surface area contributed by atoms with Crippen molar-refractivity contribution in [2.45, 2.75) is 0 Å². The summed E-state index contributed by atoms with van der Waals surface area (Å²) in [7, 11) is 0. The average molecular weight is 630 g/mol. The number of rotatable bonds is 6. The summed E-state index contributed by atoms with van der Waals surface area (Å²) in [6.07, 6.45) is 0. The average Bonchev–Trinajstić information content (AvgIpc) is 3.53. The van der Waals surface area contributed by atoms with Gasteiger partial charge < -0.3 is 4.90 Å². The smallest absolute Gasteiger partial charge is 0.0476 e. The maximum Gasteiger partial charge on any atom is 0.0476 e. The molecule has 0 bridgehead atoms. The molecule has 0 atom stereocenters. The van der Waals surface area contributed by atoms with Crippen LogP contribution in [0.5, 0.6) is 0 Å². The quantitative estimate of drug-likeness (QED) is 0.177. The molecule has 48 heavy (non-hydrogen) atoms. The Morgan fingerprint density at radius 2 is 0.875 bits per heavy atom. The lowest BCUT2D eigenvalue weighted by atomic mass is 9.96. The van der Waals surface area contributed by atoms with Crippen LogP contribution in [0.25, 0.3) is 64.3 Å². The SMILES string of the molecule is c1ccc(-c2cc(-c3ccccc3)cc(N(c3cccc(-c4cccc5ccccc45)c3)c3ccc4c(c3)sc3ccccc34)c2)cc1. The van der Waals surface area contributed by atoms with Crippen LogP contribution in [0.3, 0.4) is 0 Å². The predicted octanol–water partition coefficient (Wildman–Crippen LogP) is 13.7. The molecule has 0 aliphatic heterocycles. The second-order valence-electron chi connectivity index (χ2n) is 12.2. The molecule has 9 rings (SSSR count). The first-order valence-corrected chi connectivity index (χ1v) is 17.2. The summed E-state index contributed by atoms with van der Waals surface area (Å²) in [4.78, 5) is 2.43. The number of nitrogens with zero attached hydrogens (tertiary/aromatic N) is 1. The summed E-state index contributed by atoms with van der Waals surface area (Å²) in [6.45, 7) is 0. The van der Waals surface area contributed by atoms with E-state index in [1.54, 1.807) is 0 Å². The summed E-state index contributed by atoms with van der Waals surface area (Å²) >= 11 is 1.86. The van der Waals surface area contributed by atoms with Crippen LogP contribution < -0.4 is 4.90 Å². The Balaban J connectivity index is 1.29. The van der Waals surface area contributed by atoms with E-state index >= 15 is 0 Å². The maximum atomic E-state index is 2.43. The predicted molar refractivity (Wildman–Crippen MR) is 208 cm³/mol. The second kappa shape index (κ2) is 12.0. The number of fused-ring (bicyclic) bond motifs is 4. The third-order valence-corrected chi connectivity index (χ3v) is 10.3. The van der Waals surface area contributed by atoms with E-state index in [1.165, 1.54) is 64.3 Å². The van der Waals surface area contributed by atoms with Crippen molar-refractivity contribution in [1.82, 2.24) is 0 Å². The highest BCUT2D eigenvalue weighted by molar-refractivity contribution is 7.25. The molecule has 0 fully saturated rings.